The minimum absolute atomic E-state index is 0.00479. The molecule has 0 aromatic heterocycles. The van der Waals surface area contributed by atoms with Crippen LogP contribution in [0.15, 0.2) is 12.1 Å². The van der Waals surface area contributed by atoms with Gasteiger partial charge in [0.2, 0.25) is 5.75 Å². The number of carbonyl (C=O) groups excluding carboxylic acids is 1. The van der Waals surface area contributed by atoms with E-state index in [9.17, 15) is 229 Å². The van der Waals surface area contributed by atoms with E-state index in [-0.39, 0.29) is 38.6 Å². The van der Waals surface area contributed by atoms with Gasteiger partial charge in [-0.25, -0.2) is 4.79 Å². The zero-order valence-electron chi connectivity index (χ0n) is 52.8. The van der Waals surface area contributed by atoms with Crippen molar-refractivity contribution in [3.63, 3.8) is 0 Å². The fraction of sp³-hybridized carbons (Fsp3) is 0.863. The Kier molecular flexibility index (Phi) is 31.2. The van der Waals surface area contributed by atoms with Crippen LogP contribution in [0.4, 0.5) is 224 Å². The molecule has 0 spiro atoms. The minimum Gasteiger partial charge on any atom is -0.490 e. The normalized spacial score (nSPS) is 15.5. The van der Waals surface area contributed by atoms with Gasteiger partial charge in [0.25, 0.3) is 0 Å². The van der Waals surface area contributed by atoms with Gasteiger partial charge < -0.3 is 38.3 Å². The Bertz CT molecular complexity index is 3030. The first-order chi connectivity index (χ1) is 48.9. The molecule has 0 saturated carbocycles. The summed E-state index contributed by atoms with van der Waals surface area (Å²) in [5.41, 5.74) is -1.36. The van der Waals surface area contributed by atoms with Crippen molar-refractivity contribution in [3.05, 3.63) is 17.7 Å². The summed E-state index contributed by atoms with van der Waals surface area (Å²) < 4.78 is 741. The standard InChI is InChI=1S/C51H43F51O9/c52-28(53,31(58,59)34(64,65)37(70,71)40(76,77)43(82,83)46(88,89)49(94,95)96)7-1-4-11-108-24-21-23(27(104)111-20-19-107-18-17-106-16-15-105-14-10-103)22-25(109-12-5-2-8-29(54,55)32(60,61)35(66,67)38(72,73)41(78,79)44(84,85)47(90,91)50(97,98)99)26(24)110-13-6-3-9-30(56,57)33(62,63)36(68,69)39(74,75)42(80,81)45(86,87)48(92,93)51(100,101)102/h21-22,103H,1-20H2. The predicted molar refractivity (Wildman–Crippen MR) is 256 cm³/mol. The van der Waals surface area contributed by atoms with Gasteiger partial charge in [-0.2, -0.15) is 224 Å². The van der Waals surface area contributed by atoms with E-state index in [2.05, 4.69) is 0 Å². The molecule has 0 saturated heterocycles. The summed E-state index contributed by atoms with van der Waals surface area (Å²) in [7, 11) is 0. The Labute approximate surface area is 581 Å². The number of rotatable bonds is 48. The summed E-state index contributed by atoms with van der Waals surface area (Å²) >= 11 is 0. The molecule has 9 nitrogen and oxygen atoms in total. The van der Waals surface area contributed by atoms with Gasteiger partial charge in [0.15, 0.2) is 11.5 Å². The average molecular weight is 1770 g/mol. The Hall–Kier alpha value is -5.64. The van der Waals surface area contributed by atoms with Gasteiger partial charge in [-0.05, 0) is 50.7 Å². The van der Waals surface area contributed by atoms with Crippen molar-refractivity contribution in [1.29, 1.82) is 0 Å². The Morgan fingerprint density at radius 1 is 0.243 bits per heavy atom. The van der Waals surface area contributed by atoms with Gasteiger partial charge in [-0.1, -0.05) is 0 Å². The van der Waals surface area contributed by atoms with Crippen molar-refractivity contribution < 1.29 is 267 Å². The summed E-state index contributed by atoms with van der Waals surface area (Å²) in [4.78, 5) is 13.2. The Balaban J connectivity index is 4.13. The molecule has 658 valence electrons. The van der Waals surface area contributed by atoms with Crippen molar-refractivity contribution in [1.82, 2.24) is 0 Å². The molecule has 0 amide bonds. The third-order valence-electron chi connectivity index (χ3n) is 14.5. The molecule has 0 bridgehead atoms. The van der Waals surface area contributed by atoms with E-state index in [4.69, 9.17) is 38.3 Å². The molecule has 0 aliphatic rings. The van der Waals surface area contributed by atoms with Crippen LogP contribution in [0, 0.1) is 0 Å². The molecule has 0 fully saturated rings. The molecule has 60 heteroatoms. The highest BCUT2D eigenvalue weighted by Gasteiger charge is 2.98. The van der Waals surface area contributed by atoms with Crippen LogP contribution in [0.2, 0.25) is 0 Å². The molecule has 0 aliphatic heterocycles. The minimum atomic E-state index is -9.15. The maximum absolute atomic E-state index is 14.8. The highest BCUT2D eigenvalue weighted by atomic mass is 19.5. The van der Waals surface area contributed by atoms with Gasteiger partial charge in [-0.3, -0.25) is 0 Å². The van der Waals surface area contributed by atoms with Gasteiger partial charge >= 0.3 is 149 Å². The SMILES string of the molecule is O=C(OCCOCCOCCOCCO)c1cc(OCCCCC(F)(F)C(F)(F)C(F)(F)C(F)(F)C(F)(F)C(F)(F)C(F)(F)C(F)(F)F)c(OCCCCC(F)(F)C(F)(F)C(F)(F)C(F)(F)C(F)(F)C(F)(F)C(F)(F)C(F)(F)F)c(OCCCCC(F)(F)C(F)(F)C(F)(F)C(F)(F)C(F)(F)C(F)(F)C(F)(F)C(F)(F)F)c1. The molecule has 0 heterocycles. The van der Waals surface area contributed by atoms with Gasteiger partial charge in [0.05, 0.1) is 71.6 Å². The van der Waals surface area contributed by atoms with Crippen LogP contribution in [0.25, 0.3) is 0 Å². The van der Waals surface area contributed by atoms with Crippen molar-refractivity contribution in [3.8, 4) is 17.2 Å². The second-order valence-corrected chi connectivity index (χ2v) is 22.4. The van der Waals surface area contributed by atoms with Crippen LogP contribution >= 0.6 is 0 Å². The van der Waals surface area contributed by atoms with E-state index in [0.29, 0.717) is 0 Å². The van der Waals surface area contributed by atoms with E-state index >= 15 is 0 Å². The van der Waals surface area contributed by atoms with Crippen molar-refractivity contribution in [2.24, 2.45) is 0 Å². The second kappa shape index (κ2) is 33.5. The number of benzene rings is 1. The first-order valence-corrected chi connectivity index (χ1v) is 28.6. The first-order valence-electron chi connectivity index (χ1n) is 28.6. The first kappa shape index (κ1) is 103. The fourth-order valence-corrected chi connectivity index (χ4v) is 7.88. The maximum Gasteiger partial charge on any atom is 0.460 e. The van der Waals surface area contributed by atoms with E-state index < -0.39 is 276 Å². The summed E-state index contributed by atoms with van der Waals surface area (Å²) in [5.74, 6) is -188. The lowest BCUT2D eigenvalue weighted by atomic mass is 9.88. The number of hydrogen-bond acceptors (Lipinski definition) is 9. The lowest BCUT2D eigenvalue weighted by Gasteiger charge is -2.42. The molecule has 1 aromatic rings. The maximum atomic E-state index is 14.8. The van der Waals surface area contributed by atoms with Gasteiger partial charge in [-0.15, -0.1) is 0 Å². The molecular formula is C51H43F51O9. The molecule has 1 aromatic carbocycles. The van der Waals surface area contributed by atoms with E-state index in [0.717, 1.165) is 0 Å². The monoisotopic (exact) mass is 1770 g/mol. The molecule has 0 unspecified atom stereocenters. The van der Waals surface area contributed by atoms with Crippen molar-refractivity contribution in [2.45, 2.75) is 201 Å². The second-order valence-electron chi connectivity index (χ2n) is 22.4. The number of ether oxygens (including phenoxy) is 7. The number of aliphatic hydroxyl groups excluding tert-OH is 1. The number of alkyl halides is 51. The largest absolute Gasteiger partial charge is 0.490 e. The molecule has 111 heavy (non-hydrogen) atoms. The quantitative estimate of drug-likeness (QED) is 0.0388. The number of unbranched alkanes of at least 4 members (excludes halogenated alkanes) is 3. The summed E-state index contributed by atoms with van der Waals surface area (Å²) in [6.45, 7) is -9.22. The van der Waals surface area contributed by atoms with Crippen LogP contribution < -0.4 is 14.2 Å². The Morgan fingerprint density at radius 3 is 0.667 bits per heavy atom. The zero-order valence-corrected chi connectivity index (χ0v) is 52.8. The van der Waals surface area contributed by atoms with Crippen LogP contribution in [-0.4, -0.2) is 227 Å². The fourth-order valence-electron chi connectivity index (χ4n) is 7.88. The highest BCUT2D eigenvalue weighted by molar-refractivity contribution is 5.91. The number of halogens is 51. The average Bonchev–Trinajstić information content (AvgIpc) is 0.706. The molecule has 0 atom stereocenters. The summed E-state index contributed by atoms with van der Waals surface area (Å²) in [6.07, 6.45) is -46.4. The third kappa shape index (κ3) is 18.5. The van der Waals surface area contributed by atoms with Crippen molar-refractivity contribution >= 4 is 5.97 Å². The number of hydrogen-bond donors (Lipinski definition) is 1. The van der Waals surface area contributed by atoms with Crippen LogP contribution in [0.3, 0.4) is 0 Å². The third-order valence-corrected chi connectivity index (χ3v) is 14.5. The van der Waals surface area contributed by atoms with Crippen LogP contribution in [0.1, 0.15) is 68.1 Å². The van der Waals surface area contributed by atoms with Crippen LogP contribution in [0.5, 0.6) is 17.2 Å². The predicted octanol–water partition coefficient (Wildman–Crippen LogP) is 20.6. The Morgan fingerprint density at radius 2 is 0.441 bits per heavy atom. The molecule has 0 aliphatic carbocycles. The van der Waals surface area contributed by atoms with Crippen LogP contribution in [-0.2, 0) is 18.9 Å². The van der Waals surface area contributed by atoms with E-state index in [1.54, 1.807) is 0 Å². The summed E-state index contributed by atoms with van der Waals surface area (Å²) in [6, 6.07) is 0.00959. The van der Waals surface area contributed by atoms with Gasteiger partial charge in [0.1, 0.15) is 6.61 Å². The lowest BCUT2D eigenvalue weighted by molar-refractivity contribution is -0.461. The topological polar surface area (TPSA) is 102 Å². The lowest BCUT2D eigenvalue weighted by Crippen LogP contribution is -2.74. The molecule has 1 N–H and O–H groups in total. The van der Waals surface area contributed by atoms with E-state index in [1.807, 2.05) is 0 Å². The number of aliphatic hydroxyl groups is 1. The molecule has 0 radical (unpaired) electrons. The molecule has 1 rings (SSSR count). The highest BCUT2D eigenvalue weighted by Crippen LogP contribution is 2.69. The number of esters is 1. The molecular weight excluding hydrogens is 1730 g/mol. The zero-order chi connectivity index (χ0) is 88.4. The summed E-state index contributed by atoms with van der Waals surface area (Å²) in [5, 5.41) is 8.66. The van der Waals surface area contributed by atoms with Crippen molar-refractivity contribution in [2.75, 3.05) is 72.7 Å². The van der Waals surface area contributed by atoms with E-state index in [1.165, 1.54) is 0 Å². The number of carbonyl (C=O) groups is 1. The smallest absolute Gasteiger partial charge is 0.460 e. The van der Waals surface area contributed by atoms with Gasteiger partial charge in [0, 0.05) is 19.3 Å².